The van der Waals surface area contributed by atoms with E-state index >= 15 is 0 Å². The number of hydrogen-bond acceptors (Lipinski definition) is 7. The van der Waals surface area contributed by atoms with Gasteiger partial charge in [0.1, 0.15) is 4.90 Å². The van der Waals surface area contributed by atoms with Crippen LogP contribution in [-0.2, 0) is 25.8 Å². The van der Waals surface area contributed by atoms with Crippen LogP contribution in [0.4, 0.5) is 11.4 Å². The third-order valence-corrected chi connectivity index (χ3v) is 5.74. The molecule has 0 bridgehead atoms. The van der Waals surface area contributed by atoms with Crippen LogP contribution in [0.25, 0.3) is 0 Å². The first kappa shape index (κ1) is 20.5. The van der Waals surface area contributed by atoms with Crippen LogP contribution in [0, 0.1) is 10.1 Å². The first-order valence-corrected chi connectivity index (χ1v) is 10.5. The van der Waals surface area contributed by atoms with Gasteiger partial charge in [-0.1, -0.05) is 18.2 Å². The molecular weight excluding hydrogens is 400 g/mol. The van der Waals surface area contributed by atoms with Crippen LogP contribution in [-0.4, -0.2) is 44.1 Å². The van der Waals surface area contributed by atoms with Crippen molar-refractivity contribution < 1.29 is 27.7 Å². The molecule has 1 amide bonds. The minimum Gasteiger partial charge on any atom is -0.452 e. The molecular formula is C19H18N2O7S. The number of esters is 1. The molecule has 10 heteroatoms. The maximum Gasteiger partial charge on any atom is 0.338 e. The number of nitrogens with zero attached hydrogens (tertiary/aromatic N) is 2. The molecule has 0 unspecified atom stereocenters. The van der Waals surface area contributed by atoms with E-state index in [2.05, 4.69) is 0 Å². The van der Waals surface area contributed by atoms with Crippen LogP contribution in [0.2, 0.25) is 0 Å². The van der Waals surface area contributed by atoms with E-state index in [1.807, 2.05) is 31.2 Å². The van der Waals surface area contributed by atoms with Crippen LogP contribution in [0.3, 0.4) is 0 Å². The van der Waals surface area contributed by atoms with Crippen molar-refractivity contribution in [3.8, 4) is 0 Å². The third kappa shape index (κ3) is 4.11. The molecule has 0 N–H and O–H groups in total. The zero-order chi connectivity index (χ0) is 21.3. The highest BCUT2D eigenvalue weighted by Gasteiger charge is 2.31. The molecule has 1 atom stereocenters. The van der Waals surface area contributed by atoms with Crippen LogP contribution in [0.5, 0.6) is 0 Å². The zero-order valence-electron chi connectivity index (χ0n) is 15.7. The number of nitro benzene ring substituents is 1. The predicted molar refractivity (Wildman–Crippen MR) is 104 cm³/mol. The average Bonchev–Trinajstić information content (AvgIpc) is 3.00. The number of hydrogen-bond donors (Lipinski definition) is 0. The summed E-state index contributed by atoms with van der Waals surface area (Å²) in [6.07, 6.45) is 1.52. The number of benzene rings is 2. The summed E-state index contributed by atoms with van der Waals surface area (Å²) in [5.41, 5.74) is 0.836. The Hall–Kier alpha value is -3.27. The van der Waals surface area contributed by atoms with E-state index in [1.54, 1.807) is 4.90 Å². The molecule has 0 aliphatic carbocycles. The van der Waals surface area contributed by atoms with Crippen molar-refractivity contribution in [3.63, 3.8) is 0 Å². The fraction of sp³-hybridized carbons (Fsp3) is 0.263. The standard InChI is InChI=1S/C19H18N2O7S/c1-12-9-13-5-3-4-6-15(13)20(12)18(22)11-28-19(23)14-7-8-17(29(2,26)27)16(10-14)21(24)25/h3-8,10,12H,9,11H2,1-2H3/t12-/m0/s1. The van der Waals surface area contributed by atoms with Gasteiger partial charge < -0.3 is 9.64 Å². The molecule has 0 spiro atoms. The Bertz CT molecular complexity index is 1110. The second-order valence-electron chi connectivity index (χ2n) is 6.73. The van der Waals surface area contributed by atoms with Gasteiger partial charge in [-0.15, -0.1) is 0 Å². The smallest absolute Gasteiger partial charge is 0.338 e. The van der Waals surface area contributed by atoms with E-state index < -0.39 is 43.8 Å². The van der Waals surface area contributed by atoms with E-state index in [1.165, 1.54) is 0 Å². The molecule has 9 nitrogen and oxygen atoms in total. The minimum absolute atomic E-state index is 0.0891. The minimum atomic E-state index is -3.85. The van der Waals surface area contributed by atoms with Crippen LogP contribution < -0.4 is 4.90 Å². The SMILES string of the molecule is C[C@H]1Cc2ccccc2N1C(=O)COC(=O)c1ccc(S(C)(=O)=O)c([N+](=O)[O-])c1. The number of anilines is 1. The van der Waals surface area contributed by atoms with Gasteiger partial charge in [-0.05, 0) is 37.1 Å². The number of fused-ring (bicyclic) bond motifs is 1. The summed E-state index contributed by atoms with van der Waals surface area (Å²) < 4.78 is 28.3. The van der Waals surface area contributed by atoms with Crippen LogP contribution in [0.1, 0.15) is 22.8 Å². The summed E-state index contributed by atoms with van der Waals surface area (Å²) in [5, 5.41) is 11.2. The highest BCUT2D eigenvalue weighted by atomic mass is 32.2. The van der Waals surface area contributed by atoms with Gasteiger partial charge in [0.25, 0.3) is 11.6 Å². The van der Waals surface area contributed by atoms with Gasteiger partial charge in [-0.2, -0.15) is 0 Å². The lowest BCUT2D eigenvalue weighted by Crippen LogP contribution is -2.38. The molecule has 3 rings (SSSR count). The Morgan fingerprint density at radius 3 is 2.59 bits per heavy atom. The monoisotopic (exact) mass is 418 g/mol. The van der Waals surface area contributed by atoms with E-state index in [0.717, 1.165) is 35.7 Å². The van der Waals surface area contributed by atoms with Crippen LogP contribution >= 0.6 is 0 Å². The Labute approximate surface area is 167 Å². The fourth-order valence-corrected chi connectivity index (χ4v) is 4.15. The quantitative estimate of drug-likeness (QED) is 0.414. The highest BCUT2D eigenvalue weighted by molar-refractivity contribution is 7.90. The van der Waals surface area contributed by atoms with Gasteiger partial charge in [0.15, 0.2) is 16.4 Å². The molecule has 0 saturated carbocycles. The zero-order valence-corrected chi connectivity index (χ0v) is 16.5. The summed E-state index contributed by atoms with van der Waals surface area (Å²) in [7, 11) is -3.85. The van der Waals surface area contributed by atoms with E-state index in [4.69, 9.17) is 4.74 Å². The summed E-state index contributed by atoms with van der Waals surface area (Å²) in [6, 6.07) is 10.3. The molecule has 0 aromatic heterocycles. The maximum absolute atomic E-state index is 12.6. The van der Waals surface area contributed by atoms with Crippen LogP contribution in [0.15, 0.2) is 47.4 Å². The number of carbonyl (C=O) groups excluding carboxylic acids is 2. The normalized spacial score (nSPS) is 15.7. The van der Waals surface area contributed by atoms with Crippen molar-refractivity contribution in [2.75, 3.05) is 17.8 Å². The Morgan fingerprint density at radius 1 is 1.24 bits per heavy atom. The molecule has 0 saturated heterocycles. The summed E-state index contributed by atoms with van der Waals surface area (Å²) >= 11 is 0. The lowest BCUT2D eigenvalue weighted by Gasteiger charge is -2.22. The number of rotatable bonds is 5. The first-order chi connectivity index (χ1) is 13.6. The Morgan fingerprint density at radius 2 is 1.93 bits per heavy atom. The van der Waals surface area contributed by atoms with Crippen molar-refractivity contribution in [3.05, 3.63) is 63.7 Å². The van der Waals surface area contributed by atoms with Gasteiger partial charge in [0.2, 0.25) is 0 Å². The van der Waals surface area contributed by atoms with Crippen molar-refractivity contribution in [1.29, 1.82) is 0 Å². The number of amides is 1. The van der Waals surface area contributed by atoms with Gasteiger partial charge in [0, 0.05) is 24.1 Å². The third-order valence-electron chi connectivity index (χ3n) is 4.59. The molecule has 2 aromatic rings. The van der Waals surface area contributed by atoms with E-state index in [9.17, 15) is 28.1 Å². The lowest BCUT2D eigenvalue weighted by molar-refractivity contribution is -0.387. The van der Waals surface area contributed by atoms with Crippen molar-refractivity contribution >= 4 is 33.1 Å². The van der Waals surface area contributed by atoms with E-state index in [0.29, 0.717) is 6.42 Å². The topological polar surface area (TPSA) is 124 Å². The fourth-order valence-electron chi connectivity index (χ4n) is 3.33. The first-order valence-electron chi connectivity index (χ1n) is 8.65. The summed E-state index contributed by atoms with van der Waals surface area (Å²) in [4.78, 5) is 36.2. The van der Waals surface area contributed by atoms with Gasteiger partial charge >= 0.3 is 5.97 Å². The van der Waals surface area contributed by atoms with Crippen molar-refractivity contribution in [1.82, 2.24) is 0 Å². The number of nitro groups is 1. The molecule has 0 radical (unpaired) electrons. The highest BCUT2D eigenvalue weighted by Crippen LogP contribution is 2.32. The summed E-state index contributed by atoms with van der Waals surface area (Å²) in [6.45, 7) is 1.34. The van der Waals surface area contributed by atoms with Crippen molar-refractivity contribution in [2.24, 2.45) is 0 Å². The van der Waals surface area contributed by atoms with Gasteiger partial charge in [0.05, 0.1) is 10.5 Å². The largest absolute Gasteiger partial charge is 0.452 e. The molecule has 29 heavy (non-hydrogen) atoms. The summed E-state index contributed by atoms with van der Waals surface area (Å²) in [5.74, 6) is -1.38. The number of ether oxygens (including phenoxy) is 1. The molecule has 1 aliphatic heterocycles. The Kier molecular flexibility index (Phi) is 5.38. The average molecular weight is 418 g/mol. The van der Waals surface area contributed by atoms with E-state index in [-0.39, 0.29) is 11.6 Å². The molecule has 1 aliphatic rings. The number of sulfone groups is 1. The second-order valence-corrected chi connectivity index (χ2v) is 8.72. The molecule has 1 heterocycles. The Balaban J connectivity index is 1.75. The molecule has 152 valence electrons. The molecule has 2 aromatic carbocycles. The van der Waals surface area contributed by atoms with Gasteiger partial charge in [-0.3, -0.25) is 14.9 Å². The van der Waals surface area contributed by atoms with Gasteiger partial charge in [-0.25, -0.2) is 13.2 Å². The maximum atomic E-state index is 12.6. The predicted octanol–water partition coefficient (Wildman–Crippen LogP) is 2.13. The lowest BCUT2D eigenvalue weighted by atomic mass is 10.1. The number of para-hydroxylation sites is 1. The molecule has 0 fully saturated rings. The van der Waals surface area contributed by atoms with Crippen molar-refractivity contribution in [2.45, 2.75) is 24.3 Å². The number of carbonyl (C=O) groups is 2. The second kappa shape index (κ2) is 7.63.